The molecule has 2 unspecified atom stereocenters. The molecule has 1 amide bonds. The first kappa shape index (κ1) is 20.7. The van der Waals surface area contributed by atoms with E-state index in [1.54, 1.807) is 30.1 Å². The van der Waals surface area contributed by atoms with Gasteiger partial charge in [-0.25, -0.2) is 9.78 Å². The summed E-state index contributed by atoms with van der Waals surface area (Å²) >= 11 is 0. The van der Waals surface area contributed by atoms with Gasteiger partial charge in [0.1, 0.15) is 5.82 Å². The van der Waals surface area contributed by atoms with Gasteiger partial charge in [0.25, 0.3) is 5.91 Å². The fourth-order valence-corrected chi connectivity index (χ4v) is 5.13. The van der Waals surface area contributed by atoms with E-state index in [-0.39, 0.29) is 29.1 Å². The number of anilines is 1. The number of nitrogens with zero attached hydrogens (tertiary/aromatic N) is 6. The Morgan fingerprint density at radius 2 is 1.84 bits per heavy atom. The number of piperazine rings is 1. The molecule has 3 aromatic heterocycles. The summed E-state index contributed by atoms with van der Waals surface area (Å²) in [5.41, 5.74) is 2.18. The van der Waals surface area contributed by atoms with Crippen LogP contribution in [0.3, 0.4) is 0 Å². The van der Waals surface area contributed by atoms with E-state index in [9.17, 15) is 9.59 Å². The maximum absolute atomic E-state index is 13.1. The third kappa shape index (κ3) is 3.47. The highest BCUT2D eigenvalue weighted by molar-refractivity contribution is 5.94. The predicted molar refractivity (Wildman–Crippen MR) is 124 cm³/mol. The molecule has 0 aliphatic carbocycles. The van der Waals surface area contributed by atoms with Crippen LogP contribution >= 0.6 is 0 Å². The molecule has 0 N–H and O–H groups in total. The maximum atomic E-state index is 13.1. The number of aryl methyl sites for hydroxylation is 1. The molecule has 0 saturated carbocycles. The Labute approximate surface area is 187 Å². The number of amides is 1. The molecule has 0 radical (unpaired) electrons. The number of carbonyl (C=O) groups excluding carboxylic acids is 1. The molecule has 2 bridgehead atoms. The van der Waals surface area contributed by atoms with E-state index in [4.69, 9.17) is 4.98 Å². The van der Waals surface area contributed by atoms with Crippen LogP contribution in [0.5, 0.6) is 0 Å². The molecule has 3 aromatic rings. The highest BCUT2D eigenvalue weighted by Gasteiger charge is 2.43. The van der Waals surface area contributed by atoms with Gasteiger partial charge in [0, 0.05) is 39.1 Å². The molecule has 0 aromatic carbocycles. The number of imidazole rings is 1. The lowest BCUT2D eigenvalue weighted by molar-refractivity contribution is 0.0640. The number of hydrogen-bond donors (Lipinski definition) is 0. The molecule has 5 heterocycles. The monoisotopic (exact) mass is 434 g/mol. The third-order valence-electron chi connectivity index (χ3n) is 6.55. The Morgan fingerprint density at radius 3 is 2.47 bits per heavy atom. The summed E-state index contributed by atoms with van der Waals surface area (Å²) in [5, 5.41) is 0. The molecule has 2 aliphatic rings. The maximum Gasteiger partial charge on any atom is 0.330 e. The zero-order valence-corrected chi connectivity index (χ0v) is 19.2. The van der Waals surface area contributed by atoms with Crippen molar-refractivity contribution in [3.63, 3.8) is 0 Å². The minimum Gasteiger partial charge on any atom is -0.352 e. The lowest BCUT2D eigenvalue weighted by atomic mass is 9.97. The van der Waals surface area contributed by atoms with Crippen molar-refractivity contribution in [3.05, 3.63) is 52.7 Å². The van der Waals surface area contributed by atoms with Gasteiger partial charge >= 0.3 is 5.69 Å². The Bertz CT molecular complexity index is 1210. The number of pyridine rings is 2. The van der Waals surface area contributed by atoms with Gasteiger partial charge in [-0.3, -0.25) is 18.9 Å². The van der Waals surface area contributed by atoms with Crippen molar-refractivity contribution in [1.82, 2.24) is 24.0 Å². The zero-order valence-electron chi connectivity index (χ0n) is 19.2. The fraction of sp³-hybridized carbons (Fsp3) is 0.500. The molecule has 2 aliphatic heterocycles. The van der Waals surface area contributed by atoms with E-state index >= 15 is 0 Å². The number of hydrogen-bond acceptors (Lipinski definition) is 5. The zero-order chi connectivity index (χ0) is 22.6. The van der Waals surface area contributed by atoms with Crippen LogP contribution in [-0.4, -0.2) is 55.1 Å². The number of aromatic nitrogens is 4. The minimum atomic E-state index is -0.0356. The second-order valence-electron chi connectivity index (χ2n) is 10.2. The van der Waals surface area contributed by atoms with Crippen molar-refractivity contribution < 1.29 is 4.79 Å². The SMILES string of the molecule is Cn1c(=O)n(CC(C)(C)C)c2ccc(N3CC4CCC(C3)N4C(=O)c3cccnc3)nc21. The predicted octanol–water partition coefficient (Wildman–Crippen LogP) is 2.67. The molecular weight excluding hydrogens is 404 g/mol. The van der Waals surface area contributed by atoms with Gasteiger partial charge in [0.15, 0.2) is 5.65 Å². The van der Waals surface area contributed by atoms with Crippen LogP contribution < -0.4 is 10.6 Å². The molecule has 8 nitrogen and oxygen atoms in total. The summed E-state index contributed by atoms with van der Waals surface area (Å²) in [6, 6.07) is 7.99. The van der Waals surface area contributed by atoms with E-state index in [0.717, 1.165) is 37.3 Å². The van der Waals surface area contributed by atoms with Crippen molar-refractivity contribution in [2.24, 2.45) is 12.5 Å². The van der Waals surface area contributed by atoms with Crippen LogP contribution in [0, 0.1) is 5.41 Å². The summed E-state index contributed by atoms with van der Waals surface area (Å²) < 4.78 is 3.46. The first-order chi connectivity index (χ1) is 15.2. The van der Waals surface area contributed by atoms with E-state index in [0.29, 0.717) is 17.8 Å². The average Bonchev–Trinajstić information content (AvgIpc) is 3.16. The van der Waals surface area contributed by atoms with Gasteiger partial charge in [-0.05, 0) is 42.5 Å². The number of fused-ring (bicyclic) bond motifs is 3. The third-order valence-corrected chi connectivity index (χ3v) is 6.55. The Balaban J connectivity index is 1.42. The molecule has 2 atom stereocenters. The molecule has 8 heteroatoms. The highest BCUT2D eigenvalue weighted by Crippen LogP contribution is 2.33. The van der Waals surface area contributed by atoms with E-state index < -0.39 is 0 Å². The molecule has 2 saturated heterocycles. The van der Waals surface area contributed by atoms with Crippen molar-refractivity contribution in [2.75, 3.05) is 18.0 Å². The molecule has 2 fully saturated rings. The molecule has 5 rings (SSSR count). The summed E-state index contributed by atoms with van der Waals surface area (Å²) in [6.45, 7) is 8.52. The quantitative estimate of drug-likeness (QED) is 0.634. The molecule has 0 spiro atoms. The number of rotatable bonds is 3. The molecular formula is C24H30N6O2. The van der Waals surface area contributed by atoms with Crippen LogP contribution in [0.4, 0.5) is 5.82 Å². The van der Waals surface area contributed by atoms with Crippen LogP contribution in [0.15, 0.2) is 41.5 Å². The summed E-state index contributed by atoms with van der Waals surface area (Å²) in [4.78, 5) is 39.2. The Morgan fingerprint density at radius 1 is 1.12 bits per heavy atom. The second kappa shape index (κ2) is 7.46. The highest BCUT2D eigenvalue weighted by atomic mass is 16.2. The van der Waals surface area contributed by atoms with E-state index in [1.807, 2.05) is 27.7 Å². The van der Waals surface area contributed by atoms with Crippen LogP contribution in [0.2, 0.25) is 0 Å². The largest absolute Gasteiger partial charge is 0.352 e. The smallest absolute Gasteiger partial charge is 0.330 e. The fourth-order valence-electron chi connectivity index (χ4n) is 5.13. The Hall–Kier alpha value is -3.16. The summed E-state index contributed by atoms with van der Waals surface area (Å²) in [6.07, 6.45) is 5.32. The summed E-state index contributed by atoms with van der Waals surface area (Å²) in [5.74, 6) is 0.932. The molecule has 168 valence electrons. The van der Waals surface area contributed by atoms with Gasteiger partial charge in [0.05, 0.1) is 23.2 Å². The normalized spacial score (nSPS) is 20.9. The van der Waals surface area contributed by atoms with Gasteiger partial charge in [-0.2, -0.15) is 0 Å². The van der Waals surface area contributed by atoms with Crippen LogP contribution in [0.1, 0.15) is 44.0 Å². The van der Waals surface area contributed by atoms with Gasteiger partial charge in [0.2, 0.25) is 0 Å². The lowest BCUT2D eigenvalue weighted by Gasteiger charge is -2.41. The summed E-state index contributed by atoms with van der Waals surface area (Å²) in [7, 11) is 1.79. The topological polar surface area (TPSA) is 76.3 Å². The van der Waals surface area contributed by atoms with Crippen molar-refractivity contribution in [1.29, 1.82) is 0 Å². The lowest BCUT2D eigenvalue weighted by Crippen LogP contribution is -2.56. The van der Waals surface area contributed by atoms with E-state index in [2.05, 4.69) is 30.7 Å². The second-order valence-corrected chi connectivity index (χ2v) is 10.2. The Kier molecular flexibility index (Phi) is 4.83. The van der Waals surface area contributed by atoms with Crippen LogP contribution in [-0.2, 0) is 13.6 Å². The first-order valence-corrected chi connectivity index (χ1v) is 11.3. The van der Waals surface area contributed by atoms with Crippen LogP contribution in [0.25, 0.3) is 11.2 Å². The van der Waals surface area contributed by atoms with Gasteiger partial charge in [-0.15, -0.1) is 0 Å². The van der Waals surface area contributed by atoms with Crippen molar-refractivity contribution >= 4 is 22.9 Å². The average molecular weight is 435 g/mol. The standard InChI is InChI=1S/C24H30N6O2/c1-24(2,3)15-29-19-9-10-20(26-21(19)27(4)23(29)32)28-13-17-7-8-18(14-28)30(17)22(31)16-6-5-11-25-12-16/h5-6,9-12,17-18H,7-8,13-15H2,1-4H3. The minimum absolute atomic E-state index is 0.00683. The first-order valence-electron chi connectivity index (χ1n) is 11.3. The van der Waals surface area contributed by atoms with Crippen molar-refractivity contribution in [3.8, 4) is 0 Å². The van der Waals surface area contributed by atoms with Gasteiger partial charge < -0.3 is 9.80 Å². The van der Waals surface area contributed by atoms with E-state index in [1.165, 1.54) is 0 Å². The van der Waals surface area contributed by atoms with Gasteiger partial charge in [-0.1, -0.05) is 20.8 Å². The van der Waals surface area contributed by atoms with Crippen molar-refractivity contribution in [2.45, 2.75) is 52.2 Å². The molecule has 32 heavy (non-hydrogen) atoms. The number of carbonyl (C=O) groups is 1.